The molecule has 0 spiro atoms. The van der Waals surface area contributed by atoms with Gasteiger partial charge in [0.05, 0.1) is 17.9 Å². The molecule has 1 saturated heterocycles. The number of rotatable bonds is 3. The third kappa shape index (κ3) is 3.34. The number of sulfone groups is 1. The minimum Gasteiger partial charge on any atom is -0.317 e. The Morgan fingerprint density at radius 1 is 1.22 bits per heavy atom. The molecule has 2 amide bonds. The first-order valence-electron chi connectivity index (χ1n) is 7.24. The van der Waals surface area contributed by atoms with Crippen molar-refractivity contribution < 1.29 is 13.2 Å². The second-order valence-corrected chi connectivity index (χ2v) is 7.46. The molecule has 1 fully saturated rings. The molecule has 1 aromatic carbocycles. The van der Waals surface area contributed by atoms with Crippen molar-refractivity contribution in [1.82, 2.24) is 9.88 Å². The minimum absolute atomic E-state index is 0.0124. The minimum atomic E-state index is -3.34. The lowest BCUT2D eigenvalue weighted by atomic mass is 9.95. The molecule has 6 nitrogen and oxygen atoms in total. The van der Waals surface area contributed by atoms with Gasteiger partial charge in [-0.2, -0.15) is 0 Å². The van der Waals surface area contributed by atoms with Crippen molar-refractivity contribution in [2.45, 2.75) is 17.5 Å². The Hall–Kier alpha value is -2.41. The molecule has 1 unspecified atom stereocenters. The summed E-state index contributed by atoms with van der Waals surface area (Å²) < 4.78 is 22.7. The van der Waals surface area contributed by atoms with E-state index >= 15 is 0 Å². The summed E-state index contributed by atoms with van der Waals surface area (Å²) in [6.45, 7) is 0.695. The number of carbonyl (C=O) groups is 1. The fourth-order valence-electron chi connectivity index (χ4n) is 2.52. The maximum Gasteiger partial charge on any atom is 0.322 e. The second kappa shape index (κ2) is 6.00. The van der Waals surface area contributed by atoms with E-state index in [0.29, 0.717) is 12.2 Å². The van der Waals surface area contributed by atoms with Crippen molar-refractivity contribution in [3.05, 3.63) is 54.2 Å². The number of nitrogens with zero attached hydrogens (tertiary/aromatic N) is 2. The van der Waals surface area contributed by atoms with Gasteiger partial charge in [-0.3, -0.25) is 0 Å². The average Bonchev–Trinajstić information content (AvgIpc) is 2.46. The molecule has 0 aliphatic carbocycles. The van der Waals surface area contributed by atoms with Crippen LogP contribution in [-0.4, -0.2) is 37.1 Å². The first-order chi connectivity index (χ1) is 10.9. The van der Waals surface area contributed by atoms with E-state index in [2.05, 4.69) is 10.3 Å². The number of nitrogens with one attached hydrogen (secondary N) is 1. The van der Waals surface area contributed by atoms with Gasteiger partial charge >= 0.3 is 6.03 Å². The van der Waals surface area contributed by atoms with Crippen LogP contribution in [0.15, 0.2) is 53.7 Å². The number of amides is 2. The first-order valence-corrected chi connectivity index (χ1v) is 9.13. The monoisotopic (exact) mass is 331 g/mol. The maximum atomic E-state index is 12.3. The van der Waals surface area contributed by atoms with Crippen LogP contribution in [0, 0.1) is 0 Å². The molecular formula is C16H17N3O3S. The Morgan fingerprint density at radius 3 is 2.48 bits per heavy atom. The van der Waals surface area contributed by atoms with E-state index in [1.54, 1.807) is 11.0 Å². The van der Waals surface area contributed by atoms with Crippen molar-refractivity contribution in [3.8, 4) is 0 Å². The summed E-state index contributed by atoms with van der Waals surface area (Å²) in [5.41, 5.74) is 1.58. The van der Waals surface area contributed by atoms with Gasteiger partial charge in [-0.15, -0.1) is 0 Å². The van der Waals surface area contributed by atoms with Gasteiger partial charge in [0.15, 0.2) is 14.9 Å². The van der Waals surface area contributed by atoms with Crippen LogP contribution in [-0.2, 0) is 9.84 Å². The average molecular weight is 331 g/mol. The van der Waals surface area contributed by atoms with E-state index in [4.69, 9.17) is 0 Å². The van der Waals surface area contributed by atoms with Crippen LogP contribution in [0.4, 0.5) is 10.5 Å². The van der Waals surface area contributed by atoms with Gasteiger partial charge < -0.3 is 10.2 Å². The highest BCUT2D eigenvalue weighted by Crippen LogP contribution is 2.33. The normalized spacial score (nSPS) is 17.4. The number of pyridine rings is 1. The predicted octanol–water partition coefficient (Wildman–Crippen LogP) is 2.46. The summed E-state index contributed by atoms with van der Waals surface area (Å²) in [6.07, 6.45) is 3.38. The zero-order valence-electron chi connectivity index (χ0n) is 12.6. The Bertz CT molecular complexity index is 804. The molecule has 1 atom stereocenters. The number of carbonyl (C=O) groups excluding carboxylic acids is 1. The highest BCUT2D eigenvalue weighted by molar-refractivity contribution is 7.90. The van der Waals surface area contributed by atoms with E-state index < -0.39 is 9.84 Å². The molecule has 120 valence electrons. The van der Waals surface area contributed by atoms with Crippen LogP contribution < -0.4 is 5.32 Å². The number of benzene rings is 1. The Morgan fingerprint density at radius 2 is 1.96 bits per heavy atom. The molecule has 3 rings (SSSR count). The summed E-state index contributed by atoms with van der Waals surface area (Å²) in [5, 5.41) is 2.74. The summed E-state index contributed by atoms with van der Waals surface area (Å²) in [6, 6.07) is 12.7. The molecule has 2 aromatic rings. The lowest BCUT2D eigenvalue weighted by Crippen LogP contribution is -2.47. The van der Waals surface area contributed by atoms with Crippen LogP contribution in [0.2, 0.25) is 0 Å². The second-order valence-electron chi connectivity index (χ2n) is 5.50. The van der Waals surface area contributed by atoms with Crippen molar-refractivity contribution in [2.24, 2.45) is 0 Å². The van der Waals surface area contributed by atoms with Gasteiger partial charge in [-0.25, -0.2) is 18.2 Å². The predicted molar refractivity (Wildman–Crippen MR) is 86.9 cm³/mol. The Balaban J connectivity index is 1.68. The summed E-state index contributed by atoms with van der Waals surface area (Å²) >= 11 is 0. The number of urea groups is 1. The molecule has 0 bridgehead atoms. The number of hydrogen-bond acceptors (Lipinski definition) is 4. The van der Waals surface area contributed by atoms with Crippen molar-refractivity contribution in [1.29, 1.82) is 0 Å². The fraction of sp³-hybridized carbons (Fsp3) is 0.250. The molecular weight excluding hydrogens is 314 g/mol. The van der Waals surface area contributed by atoms with Crippen LogP contribution in [0.25, 0.3) is 0 Å². The van der Waals surface area contributed by atoms with E-state index in [0.717, 1.165) is 18.2 Å². The van der Waals surface area contributed by atoms with Crippen LogP contribution >= 0.6 is 0 Å². The van der Waals surface area contributed by atoms with E-state index in [1.165, 1.54) is 12.3 Å². The lowest BCUT2D eigenvalue weighted by molar-refractivity contribution is 0.126. The molecule has 0 saturated carbocycles. The van der Waals surface area contributed by atoms with E-state index in [1.807, 2.05) is 30.3 Å². The van der Waals surface area contributed by atoms with Gasteiger partial charge in [-0.1, -0.05) is 30.3 Å². The fourth-order valence-corrected chi connectivity index (χ4v) is 3.08. The first kappa shape index (κ1) is 15.5. The molecule has 7 heteroatoms. The summed E-state index contributed by atoms with van der Waals surface area (Å²) in [7, 11) is -3.34. The maximum absolute atomic E-state index is 12.3. The SMILES string of the molecule is CS(=O)(=O)c1ccc(NC(=O)N2CCC2c2ccccc2)cn1. The van der Waals surface area contributed by atoms with Gasteiger partial charge in [0.25, 0.3) is 0 Å². The quantitative estimate of drug-likeness (QED) is 0.937. The van der Waals surface area contributed by atoms with Crippen LogP contribution in [0.5, 0.6) is 0 Å². The number of aromatic nitrogens is 1. The van der Waals surface area contributed by atoms with Gasteiger partial charge in [0, 0.05) is 12.8 Å². The zero-order valence-corrected chi connectivity index (χ0v) is 13.5. The Kier molecular flexibility index (Phi) is 4.04. The smallest absolute Gasteiger partial charge is 0.317 e. The third-order valence-corrected chi connectivity index (χ3v) is 4.83. The molecule has 2 heterocycles. The van der Waals surface area contributed by atoms with Crippen molar-refractivity contribution in [3.63, 3.8) is 0 Å². The van der Waals surface area contributed by atoms with Crippen LogP contribution in [0.3, 0.4) is 0 Å². The summed E-state index contributed by atoms with van der Waals surface area (Å²) in [5.74, 6) is 0. The number of hydrogen-bond donors (Lipinski definition) is 1. The van der Waals surface area contributed by atoms with Crippen molar-refractivity contribution in [2.75, 3.05) is 18.1 Å². The highest BCUT2D eigenvalue weighted by Gasteiger charge is 2.33. The third-order valence-electron chi connectivity index (χ3n) is 3.83. The summed E-state index contributed by atoms with van der Waals surface area (Å²) in [4.78, 5) is 17.9. The van der Waals surface area contributed by atoms with Crippen LogP contribution in [0.1, 0.15) is 18.0 Å². The molecule has 1 aliphatic heterocycles. The number of anilines is 1. The zero-order chi connectivity index (χ0) is 16.4. The van der Waals surface area contributed by atoms with Gasteiger partial charge in [0.2, 0.25) is 0 Å². The molecule has 0 radical (unpaired) electrons. The Labute approximate surface area is 135 Å². The van der Waals surface area contributed by atoms with E-state index in [-0.39, 0.29) is 17.1 Å². The standard InChI is InChI=1S/C16H17N3O3S/c1-23(21,22)15-8-7-13(11-17-15)18-16(20)19-10-9-14(19)12-5-3-2-4-6-12/h2-8,11,14H,9-10H2,1H3,(H,18,20). The lowest BCUT2D eigenvalue weighted by Gasteiger charge is -2.41. The van der Waals surface area contributed by atoms with E-state index in [9.17, 15) is 13.2 Å². The van der Waals surface area contributed by atoms with Crippen molar-refractivity contribution >= 4 is 21.6 Å². The van der Waals surface area contributed by atoms with Gasteiger partial charge in [0.1, 0.15) is 0 Å². The highest BCUT2D eigenvalue weighted by atomic mass is 32.2. The largest absolute Gasteiger partial charge is 0.322 e. The molecule has 1 N–H and O–H groups in total. The van der Waals surface area contributed by atoms with Gasteiger partial charge in [-0.05, 0) is 24.1 Å². The molecule has 1 aromatic heterocycles. The number of likely N-dealkylation sites (tertiary alicyclic amines) is 1. The molecule has 1 aliphatic rings. The topological polar surface area (TPSA) is 79.4 Å². The molecule has 23 heavy (non-hydrogen) atoms.